The third kappa shape index (κ3) is 2.70. The highest BCUT2D eigenvalue weighted by Gasteiger charge is 2.12. The van der Waals surface area contributed by atoms with Gasteiger partial charge in [-0.25, -0.2) is 8.42 Å². The molecule has 0 radical (unpaired) electrons. The molecule has 0 spiro atoms. The van der Waals surface area contributed by atoms with E-state index in [1.54, 1.807) is 30.3 Å². The number of hydrogen-bond acceptors (Lipinski definition) is 2. The van der Waals surface area contributed by atoms with Gasteiger partial charge in [-0.3, -0.25) is 0 Å². The molecule has 0 saturated heterocycles. The van der Waals surface area contributed by atoms with Crippen molar-refractivity contribution in [3.8, 4) is 0 Å². The van der Waals surface area contributed by atoms with E-state index in [0.717, 1.165) is 5.56 Å². The molecule has 0 aliphatic rings. The second-order valence-corrected chi connectivity index (χ2v) is 5.32. The SMILES string of the molecule is C=CCCS(=O)(=O)c1ccc(C)cc1. The Kier molecular flexibility index (Phi) is 3.47. The third-order valence-electron chi connectivity index (χ3n) is 1.97. The molecule has 1 aromatic carbocycles. The van der Waals surface area contributed by atoms with Gasteiger partial charge in [-0.1, -0.05) is 23.8 Å². The standard InChI is InChI=1S/C11H14O2S/c1-3-4-9-14(12,13)11-7-5-10(2)6-8-11/h3,5-8H,1,4,9H2,2H3. The second kappa shape index (κ2) is 4.42. The number of sulfone groups is 1. The lowest BCUT2D eigenvalue weighted by Gasteiger charge is -2.02. The van der Waals surface area contributed by atoms with Crippen LogP contribution in [0, 0.1) is 6.92 Å². The zero-order chi connectivity index (χ0) is 10.6. The maximum atomic E-state index is 11.7. The molecule has 0 fully saturated rings. The van der Waals surface area contributed by atoms with Crippen molar-refractivity contribution in [2.24, 2.45) is 0 Å². The van der Waals surface area contributed by atoms with Crippen LogP contribution in [0.4, 0.5) is 0 Å². The van der Waals surface area contributed by atoms with Gasteiger partial charge in [-0.15, -0.1) is 6.58 Å². The first-order chi connectivity index (χ1) is 6.56. The predicted octanol–water partition coefficient (Wildman–Crippen LogP) is 2.34. The molecular formula is C11H14O2S. The van der Waals surface area contributed by atoms with E-state index in [-0.39, 0.29) is 5.75 Å². The summed E-state index contributed by atoms with van der Waals surface area (Å²) < 4.78 is 23.3. The van der Waals surface area contributed by atoms with Crippen LogP contribution in [0.3, 0.4) is 0 Å². The van der Waals surface area contributed by atoms with Gasteiger partial charge in [-0.05, 0) is 25.5 Å². The van der Waals surface area contributed by atoms with E-state index in [2.05, 4.69) is 6.58 Å². The van der Waals surface area contributed by atoms with Crippen LogP contribution in [0.1, 0.15) is 12.0 Å². The average Bonchev–Trinajstić information content (AvgIpc) is 2.16. The van der Waals surface area contributed by atoms with E-state index in [1.165, 1.54) is 0 Å². The molecular weight excluding hydrogens is 196 g/mol. The van der Waals surface area contributed by atoms with Crippen LogP contribution in [0.5, 0.6) is 0 Å². The van der Waals surface area contributed by atoms with E-state index in [4.69, 9.17) is 0 Å². The Bertz CT molecular complexity index is 401. The summed E-state index contributed by atoms with van der Waals surface area (Å²) >= 11 is 0. The molecule has 1 aromatic rings. The highest BCUT2D eigenvalue weighted by molar-refractivity contribution is 7.91. The van der Waals surface area contributed by atoms with Crippen LogP contribution in [-0.4, -0.2) is 14.2 Å². The monoisotopic (exact) mass is 210 g/mol. The Morgan fingerprint density at radius 2 is 1.86 bits per heavy atom. The summed E-state index contributed by atoms with van der Waals surface area (Å²) in [6.07, 6.45) is 2.11. The minimum atomic E-state index is -3.11. The first-order valence-corrected chi connectivity index (χ1v) is 6.12. The van der Waals surface area contributed by atoms with E-state index in [9.17, 15) is 8.42 Å². The Hall–Kier alpha value is -1.09. The van der Waals surface area contributed by atoms with Gasteiger partial charge in [0, 0.05) is 0 Å². The molecule has 0 amide bonds. The molecule has 0 aliphatic carbocycles. The van der Waals surface area contributed by atoms with Gasteiger partial charge in [0.2, 0.25) is 0 Å². The van der Waals surface area contributed by atoms with Gasteiger partial charge >= 0.3 is 0 Å². The van der Waals surface area contributed by atoms with E-state index in [0.29, 0.717) is 11.3 Å². The zero-order valence-electron chi connectivity index (χ0n) is 8.23. The highest BCUT2D eigenvalue weighted by atomic mass is 32.2. The van der Waals surface area contributed by atoms with Gasteiger partial charge in [-0.2, -0.15) is 0 Å². The summed E-state index contributed by atoms with van der Waals surface area (Å²) in [7, 11) is -3.11. The molecule has 0 aliphatic heterocycles. The van der Waals surface area contributed by atoms with Gasteiger partial charge in [0.05, 0.1) is 10.6 Å². The van der Waals surface area contributed by atoms with E-state index < -0.39 is 9.84 Å². The first kappa shape index (κ1) is 11.0. The van der Waals surface area contributed by atoms with Crippen molar-refractivity contribution in [3.05, 3.63) is 42.5 Å². The van der Waals surface area contributed by atoms with Crippen molar-refractivity contribution in [2.45, 2.75) is 18.2 Å². The Balaban J connectivity index is 2.93. The molecule has 0 heterocycles. The molecule has 0 atom stereocenters. The summed E-state index contributed by atoms with van der Waals surface area (Å²) in [5.41, 5.74) is 1.06. The molecule has 0 saturated carbocycles. The second-order valence-electron chi connectivity index (χ2n) is 3.21. The van der Waals surface area contributed by atoms with Crippen LogP contribution in [0.15, 0.2) is 41.8 Å². The van der Waals surface area contributed by atoms with Crippen LogP contribution < -0.4 is 0 Å². The maximum Gasteiger partial charge on any atom is 0.178 e. The number of hydrogen-bond donors (Lipinski definition) is 0. The molecule has 3 heteroatoms. The molecule has 0 aromatic heterocycles. The fourth-order valence-electron chi connectivity index (χ4n) is 1.10. The number of benzene rings is 1. The summed E-state index contributed by atoms with van der Waals surface area (Å²) in [5.74, 6) is 0.138. The normalized spacial score (nSPS) is 11.2. The lowest BCUT2D eigenvalue weighted by atomic mass is 10.2. The van der Waals surface area contributed by atoms with E-state index in [1.807, 2.05) is 6.92 Å². The summed E-state index contributed by atoms with van der Waals surface area (Å²) in [4.78, 5) is 0.393. The zero-order valence-corrected chi connectivity index (χ0v) is 9.05. The lowest BCUT2D eigenvalue weighted by molar-refractivity contribution is 0.596. The quantitative estimate of drug-likeness (QED) is 0.715. The Morgan fingerprint density at radius 3 is 2.36 bits per heavy atom. The van der Waals surface area contributed by atoms with Gasteiger partial charge < -0.3 is 0 Å². The molecule has 0 bridgehead atoms. The molecule has 0 unspecified atom stereocenters. The fraction of sp³-hybridized carbons (Fsp3) is 0.273. The summed E-state index contributed by atoms with van der Waals surface area (Å²) in [6, 6.07) is 6.91. The van der Waals surface area contributed by atoms with Crippen LogP contribution in [0.25, 0.3) is 0 Å². The van der Waals surface area contributed by atoms with Crippen molar-refractivity contribution in [2.75, 3.05) is 5.75 Å². The number of aryl methyl sites for hydroxylation is 1. The minimum absolute atomic E-state index is 0.138. The summed E-state index contributed by atoms with van der Waals surface area (Å²) in [5, 5.41) is 0. The van der Waals surface area contributed by atoms with Crippen LogP contribution in [-0.2, 0) is 9.84 Å². The average molecular weight is 210 g/mol. The van der Waals surface area contributed by atoms with Gasteiger partial charge in [0.25, 0.3) is 0 Å². The smallest absolute Gasteiger partial charge is 0.178 e. The third-order valence-corrected chi connectivity index (χ3v) is 3.73. The topological polar surface area (TPSA) is 34.1 Å². The van der Waals surface area contributed by atoms with Crippen LogP contribution >= 0.6 is 0 Å². The van der Waals surface area contributed by atoms with Crippen molar-refractivity contribution in [1.82, 2.24) is 0 Å². The largest absolute Gasteiger partial charge is 0.224 e. The predicted molar refractivity (Wildman–Crippen MR) is 58.0 cm³/mol. The van der Waals surface area contributed by atoms with Crippen LogP contribution in [0.2, 0.25) is 0 Å². The van der Waals surface area contributed by atoms with Crippen molar-refractivity contribution < 1.29 is 8.42 Å². The van der Waals surface area contributed by atoms with Crippen molar-refractivity contribution in [1.29, 1.82) is 0 Å². The molecule has 2 nitrogen and oxygen atoms in total. The van der Waals surface area contributed by atoms with Gasteiger partial charge in [0.15, 0.2) is 9.84 Å². The minimum Gasteiger partial charge on any atom is -0.224 e. The highest BCUT2D eigenvalue weighted by Crippen LogP contribution is 2.12. The van der Waals surface area contributed by atoms with Gasteiger partial charge in [0.1, 0.15) is 0 Å². The maximum absolute atomic E-state index is 11.7. The van der Waals surface area contributed by atoms with Crippen molar-refractivity contribution >= 4 is 9.84 Å². The number of rotatable bonds is 4. The molecule has 76 valence electrons. The first-order valence-electron chi connectivity index (χ1n) is 4.46. The molecule has 1 rings (SSSR count). The Morgan fingerprint density at radius 1 is 1.29 bits per heavy atom. The fourth-order valence-corrected chi connectivity index (χ4v) is 2.37. The molecule has 14 heavy (non-hydrogen) atoms. The molecule has 0 N–H and O–H groups in total. The van der Waals surface area contributed by atoms with Crippen molar-refractivity contribution in [3.63, 3.8) is 0 Å². The summed E-state index contributed by atoms with van der Waals surface area (Å²) in [6.45, 7) is 5.44. The Labute approximate surface area is 85.2 Å². The lowest BCUT2D eigenvalue weighted by Crippen LogP contribution is -2.05. The number of allylic oxidation sites excluding steroid dienone is 1. The van der Waals surface area contributed by atoms with E-state index >= 15 is 0 Å².